The van der Waals surface area contributed by atoms with Crippen LogP contribution in [0.2, 0.25) is 0 Å². The number of hydrogen-bond donors (Lipinski definition) is 2. The Kier molecular flexibility index (Phi) is 5.14. The van der Waals surface area contributed by atoms with Crippen molar-refractivity contribution in [3.8, 4) is 12.3 Å². The quantitative estimate of drug-likeness (QED) is 0.748. The molecular weight excluding hydrogens is 238 g/mol. The summed E-state index contributed by atoms with van der Waals surface area (Å²) in [6, 6.07) is 0. The fourth-order valence-corrected chi connectivity index (χ4v) is 1.65. The van der Waals surface area contributed by atoms with Crippen LogP contribution >= 0.6 is 27.7 Å². The number of aliphatic hydroxyl groups is 1. The van der Waals surface area contributed by atoms with Crippen molar-refractivity contribution in [1.29, 1.82) is 0 Å². The highest BCUT2D eigenvalue weighted by atomic mass is 79.9. The van der Waals surface area contributed by atoms with Crippen LogP contribution in [-0.4, -0.2) is 11.2 Å². The highest BCUT2D eigenvalue weighted by molar-refractivity contribution is 9.14. The first-order chi connectivity index (χ1) is 5.49. The van der Waals surface area contributed by atoms with Crippen LogP contribution in [0.15, 0.2) is 21.0 Å². The van der Waals surface area contributed by atoms with Gasteiger partial charge in [0.25, 0.3) is 0 Å². The van der Waals surface area contributed by atoms with Crippen molar-refractivity contribution >= 4 is 27.7 Å². The summed E-state index contributed by atoms with van der Waals surface area (Å²) in [6.45, 7) is 5.28. The van der Waals surface area contributed by atoms with Crippen LogP contribution in [0.3, 0.4) is 0 Å². The first-order valence-corrected chi connectivity index (χ1v) is 4.72. The molecule has 0 radical (unpaired) electrons. The maximum Gasteiger partial charge on any atom is 0.147 e. The summed E-state index contributed by atoms with van der Waals surface area (Å²) >= 11 is 4.36. The molecule has 0 aromatic heterocycles. The van der Waals surface area contributed by atoms with Crippen molar-refractivity contribution in [2.45, 2.75) is 13.0 Å². The fourth-order valence-electron chi connectivity index (χ4n) is 0.547. The topological polar surface area (TPSA) is 46.2 Å². The average Bonchev–Trinajstić information content (AvgIpc) is 1.98. The van der Waals surface area contributed by atoms with E-state index in [9.17, 15) is 5.11 Å². The van der Waals surface area contributed by atoms with Gasteiger partial charge in [-0.1, -0.05) is 24.3 Å². The molecule has 3 N–H and O–H groups in total. The van der Waals surface area contributed by atoms with E-state index in [1.807, 2.05) is 0 Å². The second kappa shape index (κ2) is 5.31. The first kappa shape index (κ1) is 11.6. The van der Waals surface area contributed by atoms with E-state index >= 15 is 0 Å². The van der Waals surface area contributed by atoms with Crippen LogP contribution in [0.25, 0.3) is 0 Å². The van der Waals surface area contributed by atoms with Gasteiger partial charge in [-0.2, -0.15) is 0 Å². The van der Waals surface area contributed by atoms with E-state index < -0.39 is 6.10 Å². The van der Waals surface area contributed by atoms with Gasteiger partial charge in [-0.3, -0.25) is 0 Å². The van der Waals surface area contributed by atoms with E-state index in [4.69, 9.17) is 12.2 Å². The van der Waals surface area contributed by atoms with Gasteiger partial charge in [0, 0.05) is 14.4 Å². The molecule has 4 heteroatoms. The zero-order chi connectivity index (χ0) is 9.72. The lowest BCUT2D eigenvalue weighted by Gasteiger charge is -2.09. The van der Waals surface area contributed by atoms with E-state index in [-0.39, 0.29) is 0 Å². The van der Waals surface area contributed by atoms with Gasteiger partial charge in [0.1, 0.15) is 6.10 Å². The Hall–Kier alpha value is -0.370. The van der Waals surface area contributed by atoms with Gasteiger partial charge in [-0.15, -0.1) is 6.42 Å². The molecule has 0 fully saturated rings. The third-order valence-corrected chi connectivity index (χ3v) is 2.49. The number of halogens is 1. The number of hydrogen-bond acceptors (Lipinski definition) is 3. The summed E-state index contributed by atoms with van der Waals surface area (Å²) in [5.74, 6) is 2.19. The third-order valence-electron chi connectivity index (χ3n) is 1.02. The van der Waals surface area contributed by atoms with E-state index in [0.717, 1.165) is 0 Å². The summed E-state index contributed by atoms with van der Waals surface area (Å²) in [7, 11) is 0. The van der Waals surface area contributed by atoms with Crippen molar-refractivity contribution in [2.24, 2.45) is 5.73 Å². The lowest BCUT2D eigenvalue weighted by molar-refractivity contribution is 0.276. The molecule has 0 amide bonds. The zero-order valence-electron chi connectivity index (χ0n) is 6.67. The SMILES string of the molecule is C#CC(O)/C(SC(=C)Br)=C(\C)N. The minimum atomic E-state index is -0.950. The first-order valence-electron chi connectivity index (χ1n) is 3.11. The van der Waals surface area contributed by atoms with E-state index in [1.54, 1.807) is 6.92 Å². The Morgan fingerprint density at radius 1 is 1.83 bits per heavy atom. The second-order valence-electron chi connectivity index (χ2n) is 2.07. The molecule has 0 bridgehead atoms. The normalized spacial score (nSPS) is 14.5. The molecule has 0 saturated carbocycles. The van der Waals surface area contributed by atoms with Crippen molar-refractivity contribution in [3.05, 3.63) is 21.0 Å². The number of allylic oxidation sites excluding steroid dienone is 1. The Morgan fingerprint density at radius 2 is 2.33 bits per heavy atom. The van der Waals surface area contributed by atoms with Crippen molar-refractivity contribution in [2.75, 3.05) is 0 Å². The van der Waals surface area contributed by atoms with Crippen molar-refractivity contribution in [1.82, 2.24) is 0 Å². The van der Waals surface area contributed by atoms with Gasteiger partial charge in [-0.05, 0) is 22.9 Å². The molecule has 0 aromatic rings. The number of aliphatic hydroxyl groups excluding tert-OH is 1. The summed E-state index contributed by atoms with van der Waals surface area (Å²) in [5, 5.41) is 9.28. The van der Waals surface area contributed by atoms with Crippen molar-refractivity contribution < 1.29 is 5.11 Å². The van der Waals surface area contributed by atoms with Crippen LogP contribution in [0.4, 0.5) is 0 Å². The molecule has 0 heterocycles. The molecule has 66 valence electrons. The number of thioether (sulfide) groups is 1. The standard InChI is InChI=1S/C8H10BrNOS/c1-4-7(11)8(5(2)10)12-6(3)9/h1,7,11H,3,10H2,2H3/b8-5-. The minimum absolute atomic E-state index is 0.506. The van der Waals surface area contributed by atoms with Crippen molar-refractivity contribution in [3.63, 3.8) is 0 Å². The maximum absolute atomic E-state index is 9.28. The van der Waals surface area contributed by atoms with Gasteiger partial charge >= 0.3 is 0 Å². The van der Waals surface area contributed by atoms with Gasteiger partial charge in [0.2, 0.25) is 0 Å². The summed E-state index contributed by atoms with van der Waals surface area (Å²) in [6.07, 6.45) is 4.09. The highest BCUT2D eigenvalue weighted by Crippen LogP contribution is 2.31. The number of nitrogens with two attached hydrogens (primary N) is 1. The monoisotopic (exact) mass is 247 g/mol. The molecule has 12 heavy (non-hydrogen) atoms. The number of terminal acetylenes is 1. The van der Waals surface area contributed by atoms with Gasteiger partial charge in [-0.25, -0.2) is 0 Å². The lowest BCUT2D eigenvalue weighted by atomic mass is 10.3. The molecule has 0 aliphatic carbocycles. The Bertz CT molecular complexity index is 250. The van der Waals surface area contributed by atoms with Crippen LogP contribution in [0.5, 0.6) is 0 Å². The van der Waals surface area contributed by atoms with E-state index in [2.05, 4.69) is 28.4 Å². The average molecular weight is 248 g/mol. The molecule has 0 spiro atoms. The number of rotatable bonds is 3. The molecule has 1 atom stereocenters. The predicted molar refractivity (Wildman–Crippen MR) is 57.4 cm³/mol. The molecule has 0 rings (SSSR count). The second-order valence-corrected chi connectivity index (χ2v) is 4.69. The lowest BCUT2D eigenvalue weighted by Crippen LogP contribution is -2.10. The van der Waals surface area contributed by atoms with Crippen LogP contribution in [-0.2, 0) is 0 Å². The molecule has 0 aromatic carbocycles. The Labute approximate surface area is 85.0 Å². The van der Waals surface area contributed by atoms with Crippen LogP contribution in [0.1, 0.15) is 6.92 Å². The maximum atomic E-state index is 9.28. The van der Waals surface area contributed by atoms with E-state index in [0.29, 0.717) is 14.4 Å². The molecule has 0 aliphatic heterocycles. The highest BCUT2D eigenvalue weighted by Gasteiger charge is 2.11. The zero-order valence-corrected chi connectivity index (χ0v) is 9.08. The van der Waals surface area contributed by atoms with Gasteiger partial charge < -0.3 is 10.8 Å². The Balaban J connectivity index is 4.61. The third kappa shape index (κ3) is 3.86. The summed E-state index contributed by atoms with van der Waals surface area (Å²) in [4.78, 5) is 0.541. The van der Waals surface area contributed by atoms with Crippen LogP contribution in [0, 0.1) is 12.3 Å². The molecular formula is C8H10BrNOS. The molecule has 0 saturated heterocycles. The molecule has 2 nitrogen and oxygen atoms in total. The fraction of sp³-hybridized carbons (Fsp3) is 0.250. The summed E-state index contributed by atoms with van der Waals surface area (Å²) < 4.78 is 0.664. The van der Waals surface area contributed by atoms with E-state index in [1.165, 1.54) is 11.8 Å². The smallest absolute Gasteiger partial charge is 0.147 e. The molecule has 1 unspecified atom stereocenters. The van der Waals surface area contributed by atoms with Gasteiger partial charge in [0.05, 0.1) is 0 Å². The minimum Gasteiger partial charge on any atom is -0.402 e. The largest absolute Gasteiger partial charge is 0.402 e. The summed E-state index contributed by atoms with van der Waals surface area (Å²) in [5.41, 5.74) is 6.01. The van der Waals surface area contributed by atoms with Crippen LogP contribution < -0.4 is 5.73 Å². The predicted octanol–water partition coefficient (Wildman–Crippen LogP) is 1.77. The van der Waals surface area contributed by atoms with Gasteiger partial charge in [0.15, 0.2) is 0 Å². The molecule has 0 aliphatic rings. The Morgan fingerprint density at radius 3 is 2.58 bits per heavy atom.